The van der Waals surface area contributed by atoms with Crippen molar-refractivity contribution in [1.82, 2.24) is 4.90 Å². The van der Waals surface area contributed by atoms with Crippen LogP contribution in [0.4, 0.5) is 5.69 Å². The Labute approximate surface area is 153 Å². The van der Waals surface area contributed by atoms with Gasteiger partial charge in [-0.15, -0.1) is 0 Å². The van der Waals surface area contributed by atoms with Crippen LogP contribution in [0.15, 0.2) is 36.4 Å². The van der Waals surface area contributed by atoms with Crippen LogP contribution in [-0.2, 0) is 4.79 Å². The molecule has 0 saturated heterocycles. The van der Waals surface area contributed by atoms with E-state index in [4.69, 9.17) is 27.9 Å². The molecule has 3 rings (SSSR count). The molecule has 8 heteroatoms. The van der Waals surface area contributed by atoms with E-state index in [1.54, 1.807) is 12.1 Å². The Hall–Kier alpha value is -2.57. The van der Waals surface area contributed by atoms with E-state index in [0.29, 0.717) is 21.5 Å². The number of halogens is 2. The third-order valence-electron chi connectivity index (χ3n) is 3.67. The molecule has 2 aromatic rings. The lowest BCUT2D eigenvalue weighted by Gasteiger charge is -2.15. The number of benzene rings is 2. The van der Waals surface area contributed by atoms with Gasteiger partial charge in [0, 0.05) is 10.0 Å². The largest absolute Gasteiger partial charge is 0.495 e. The van der Waals surface area contributed by atoms with E-state index in [1.807, 2.05) is 0 Å². The first kappa shape index (κ1) is 17.3. The highest BCUT2D eigenvalue weighted by atomic mass is 35.5. The van der Waals surface area contributed by atoms with Crippen molar-refractivity contribution in [2.24, 2.45) is 0 Å². The zero-order valence-corrected chi connectivity index (χ0v) is 14.5. The standard InChI is InChI=1S/C17H12Cl2N2O4/c1-25-14-5-3-10(19)7-13(14)20-15(22)8-21-16(23)11-4-2-9(18)6-12(11)17(21)24/h2-7H,8H2,1H3,(H,20,22). The van der Waals surface area contributed by atoms with E-state index in [-0.39, 0.29) is 11.1 Å². The second-order valence-corrected chi connectivity index (χ2v) is 6.15. The molecular formula is C17H12Cl2N2O4. The van der Waals surface area contributed by atoms with Crippen LogP contribution in [0, 0.1) is 0 Å². The molecule has 0 saturated carbocycles. The van der Waals surface area contributed by atoms with Crippen LogP contribution in [0.2, 0.25) is 10.0 Å². The van der Waals surface area contributed by atoms with Gasteiger partial charge in [-0.05, 0) is 36.4 Å². The third-order valence-corrected chi connectivity index (χ3v) is 4.14. The number of imide groups is 1. The molecule has 0 fully saturated rings. The number of rotatable bonds is 4. The highest BCUT2D eigenvalue weighted by Crippen LogP contribution is 2.28. The van der Waals surface area contributed by atoms with Crippen molar-refractivity contribution in [3.63, 3.8) is 0 Å². The molecule has 1 N–H and O–H groups in total. The van der Waals surface area contributed by atoms with Gasteiger partial charge in [0.05, 0.1) is 23.9 Å². The fourth-order valence-electron chi connectivity index (χ4n) is 2.52. The number of carbonyl (C=O) groups excluding carboxylic acids is 3. The van der Waals surface area contributed by atoms with Gasteiger partial charge in [0.25, 0.3) is 11.8 Å². The highest BCUT2D eigenvalue weighted by molar-refractivity contribution is 6.32. The van der Waals surface area contributed by atoms with Crippen molar-refractivity contribution >= 4 is 46.6 Å². The van der Waals surface area contributed by atoms with Gasteiger partial charge < -0.3 is 10.1 Å². The molecule has 0 aromatic heterocycles. The van der Waals surface area contributed by atoms with Crippen molar-refractivity contribution in [3.8, 4) is 5.75 Å². The van der Waals surface area contributed by atoms with Crippen LogP contribution in [0.5, 0.6) is 5.75 Å². The number of ether oxygens (including phenoxy) is 1. The van der Waals surface area contributed by atoms with Crippen LogP contribution in [0.3, 0.4) is 0 Å². The Morgan fingerprint density at radius 1 is 1.04 bits per heavy atom. The van der Waals surface area contributed by atoms with Crippen LogP contribution in [-0.4, -0.2) is 36.3 Å². The number of hydrogen-bond acceptors (Lipinski definition) is 4. The van der Waals surface area contributed by atoms with E-state index in [0.717, 1.165) is 4.90 Å². The monoisotopic (exact) mass is 378 g/mol. The molecule has 25 heavy (non-hydrogen) atoms. The van der Waals surface area contributed by atoms with Gasteiger partial charge in [-0.3, -0.25) is 19.3 Å². The van der Waals surface area contributed by atoms with Gasteiger partial charge in [0.1, 0.15) is 12.3 Å². The van der Waals surface area contributed by atoms with Crippen molar-refractivity contribution in [2.75, 3.05) is 19.0 Å². The first-order chi connectivity index (χ1) is 11.9. The topological polar surface area (TPSA) is 75.7 Å². The Morgan fingerprint density at radius 3 is 2.40 bits per heavy atom. The molecule has 1 aliphatic heterocycles. The number of methoxy groups -OCH3 is 1. The first-order valence-corrected chi connectivity index (χ1v) is 7.95. The summed E-state index contributed by atoms with van der Waals surface area (Å²) in [5.41, 5.74) is 0.757. The maximum absolute atomic E-state index is 12.3. The summed E-state index contributed by atoms with van der Waals surface area (Å²) in [4.78, 5) is 37.8. The van der Waals surface area contributed by atoms with Gasteiger partial charge in [-0.25, -0.2) is 0 Å². The molecule has 0 bridgehead atoms. The minimum absolute atomic E-state index is 0.186. The normalized spacial score (nSPS) is 13.0. The Morgan fingerprint density at radius 2 is 1.68 bits per heavy atom. The number of carbonyl (C=O) groups is 3. The van der Waals surface area contributed by atoms with Crippen LogP contribution in [0.1, 0.15) is 20.7 Å². The highest BCUT2D eigenvalue weighted by Gasteiger charge is 2.36. The molecule has 2 aromatic carbocycles. The third kappa shape index (κ3) is 3.31. The van der Waals surface area contributed by atoms with Crippen molar-refractivity contribution in [3.05, 3.63) is 57.6 Å². The lowest BCUT2D eigenvalue weighted by Crippen LogP contribution is -2.37. The maximum Gasteiger partial charge on any atom is 0.262 e. The molecule has 3 amide bonds. The summed E-state index contributed by atoms with van der Waals surface area (Å²) in [7, 11) is 1.45. The molecule has 0 atom stereocenters. The molecule has 0 spiro atoms. The Kier molecular flexibility index (Phi) is 4.65. The van der Waals surface area contributed by atoms with E-state index < -0.39 is 24.3 Å². The molecule has 6 nitrogen and oxygen atoms in total. The summed E-state index contributed by atoms with van der Waals surface area (Å²) in [6.07, 6.45) is 0. The molecule has 1 heterocycles. The zero-order valence-electron chi connectivity index (χ0n) is 13.0. The summed E-state index contributed by atoms with van der Waals surface area (Å²) in [6.45, 7) is -0.431. The van der Waals surface area contributed by atoms with E-state index in [1.165, 1.54) is 31.4 Å². The average Bonchev–Trinajstić information content (AvgIpc) is 2.79. The second-order valence-electron chi connectivity index (χ2n) is 5.28. The smallest absolute Gasteiger partial charge is 0.262 e. The molecule has 0 aliphatic carbocycles. The number of hydrogen-bond donors (Lipinski definition) is 1. The van der Waals surface area contributed by atoms with Gasteiger partial charge in [-0.2, -0.15) is 0 Å². The Balaban J connectivity index is 1.77. The summed E-state index contributed by atoms with van der Waals surface area (Å²) in [5, 5.41) is 3.34. The summed E-state index contributed by atoms with van der Waals surface area (Å²) in [6, 6.07) is 9.13. The number of nitrogens with zero attached hydrogens (tertiary/aromatic N) is 1. The summed E-state index contributed by atoms with van der Waals surface area (Å²) >= 11 is 11.8. The van der Waals surface area contributed by atoms with Crippen LogP contribution in [0.25, 0.3) is 0 Å². The first-order valence-electron chi connectivity index (χ1n) is 7.20. The van der Waals surface area contributed by atoms with E-state index in [2.05, 4.69) is 5.32 Å². The summed E-state index contributed by atoms with van der Waals surface area (Å²) < 4.78 is 5.14. The molecule has 128 valence electrons. The number of fused-ring (bicyclic) bond motifs is 1. The van der Waals surface area contributed by atoms with Crippen molar-refractivity contribution in [1.29, 1.82) is 0 Å². The SMILES string of the molecule is COc1ccc(Cl)cc1NC(=O)CN1C(=O)c2ccc(Cl)cc2C1=O. The van der Waals surface area contributed by atoms with Crippen LogP contribution < -0.4 is 10.1 Å². The fraction of sp³-hybridized carbons (Fsp3) is 0.118. The number of amides is 3. The molecule has 0 radical (unpaired) electrons. The van der Waals surface area contributed by atoms with Gasteiger partial charge in [0.2, 0.25) is 5.91 Å². The number of anilines is 1. The molecule has 1 aliphatic rings. The number of nitrogens with one attached hydrogen (secondary N) is 1. The minimum Gasteiger partial charge on any atom is -0.495 e. The van der Waals surface area contributed by atoms with Crippen molar-refractivity contribution in [2.45, 2.75) is 0 Å². The van der Waals surface area contributed by atoms with E-state index in [9.17, 15) is 14.4 Å². The lowest BCUT2D eigenvalue weighted by molar-refractivity contribution is -0.116. The zero-order chi connectivity index (χ0) is 18.1. The second kappa shape index (κ2) is 6.74. The van der Waals surface area contributed by atoms with Crippen LogP contribution >= 0.6 is 23.2 Å². The predicted molar refractivity (Wildman–Crippen MR) is 93.5 cm³/mol. The lowest BCUT2D eigenvalue weighted by atomic mass is 10.1. The van der Waals surface area contributed by atoms with E-state index >= 15 is 0 Å². The average molecular weight is 379 g/mol. The summed E-state index contributed by atoms with van der Waals surface area (Å²) in [5.74, 6) is -1.24. The van der Waals surface area contributed by atoms with Gasteiger partial charge in [0.15, 0.2) is 0 Å². The predicted octanol–water partition coefficient (Wildman–Crippen LogP) is 3.24. The Bertz CT molecular complexity index is 898. The fourth-order valence-corrected chi connectivity index (χ4v) is 2.86. The maximum atomic E-state index is 12.3. The molecular weight excluding hydrogens is 367 g/mol. The quantitative estimate of drug-likeness (QED) is 0.828. The van der Waals surface area contributed by atoms with Gasteiger partial charge >= 0.3 is 0 Å². The van der Waals surface area contributed by atoms with Crippen molar-refractivity contribution < 1.29 is 19.1 Å². The van der Waals surface area contributed by atoms with Gasteiger partial charge in [-0.1, -0.05) is 23.2 Å². The minimum atomic E-state index is -0.560. The molecule has 0 unspecified atom stereocenters.